The number of rotatable bonds is 0. The van der Waals surface area contributed by atoms with Crippen molar-refractivity contribution in [3.05, 3.63) is 71.8 Å². The zero-order chi connectivity index (χ0) is 9.36. The van der Waals surface area contributed by atoms with E-state index in [2.05, 4.69) is 12.1 Å². The molecule has 2 heteroatoms. The van der Waals surface area contributed by atoms with Crippen LogP contribution in [0, 0.1) is 12.1 Å². The van der Waals surface area contributed by atoms with Gasteiger partial charge in [0.15, 0.2) is 0 Å². The quantitative estimate of drug-likeness (QED) is 0.610. The van der Waals surface area contributed by atoms with E-state index in [0.29, 0.717) is 0 Å². The first kappa shape index (κ1) is 13.4. The largest absolute Gasteiger partial charge is 2.00 e. The molecular formula is C12H9ClPt. The van der Waals surface area contributed by atoms with Crippen molar-refractivity contribution in [3.63, 3.8) is 0 Å². The van der Waals surface area contributed by atoms with E-state index in [0.717, 1.165) is 5.02 Å². The van der Waals surface area contributed by atoms with Gasteiger partial charge < -0.3 is 0 Å². The molecule has 0 unspecified atom stereocenters. The Kier molecular flexibility index (Phi) is 8.62. The Morgan fingerprint density at radius 2 is 1.29 bits per heavy atom. The summed E-state index contributed by atoms with van der Waals surface area (Å²) in [7, 11) is 0. The van der Waals surface area contributed by atoms with Crippen molar-refractivity contribution in [2.75, 3.05) is 0 Å². The summed E-state index contributed by atoms with van der Waals surface area (Å²) in [6, 6.07) is 22.5. The molecule has 0 aliphatic rings. The minimum absolute atomic E-state index is 0. The zero-order valence-electron chi connectivity index (χ0n) is 7.39. The fraction of sp³-hybridized carbons (Fsp3) is 0. The van der Waals surface area contributed by atoms with Crippen LogP contribution in [0.15, 0.2) is 54.6 Å². The normalized spacial score (nSPS) is 7.79. The molecule has 0 spiro atoms. The topological polar surface area (TPSA) is 0 Å². The molecule has 0 N–H and O–H groups in total. The summed E-state index contributed by atoms with van der Waals surface area (Å²) in [6.45, 7) is 0. The van der Waals surface area contributed by atoms with Crippen molar-refractivity contribution in [2.45, 2.75) is 0 Å². The van der Waals surface area contributed by atoms with Crippen LogP contribution >= 0.6 is 11.6 Å². The van der Waals surface area contributed by atoms with Gasteiger partial charge in [-0.3, -0.25) is 0 Å². The number of halogens is 1. The minimum atomic E-state index is 0. The maximum Gasteiger partial charge on any atom is 2.00 e. The molecule has 0 saturated carbocycles. The van der Waals surface area contributed by atoms with E-state index in [1.54, 1.807) is 24.3 Å². The Balaban J connectivity index is 0.000000227. The van der Waals surface area contributed by atoms with Gasteiger partial charge in [-0.15, -0.1) is 11.6 Å². The summed E-state index contributed by atoms with van der Waals surface area (Å²) in [4.78, 5) is 0. The molecule has 0 saturated heterocycles. The van der Waals surface area contributed by atoms with Crippen molar-refractivity contribution in [1.82, 2.24) is 0 Å². The summed E-state index contributed by atoms with van der Waals surface area (Å²) in [5.74, 6) is 0. The van der Waals surface area contributed by atoms with Gasteiger partial charge in [0.1, 0.15) is 0 Å². The van der Waals surface area contributed by atoms with Crippen molar-refractivity contribution in [1.29, 1.82) is 0 Å². The number of hydrogen-bond donors (Lipinski definition) is 0. The molecule has 0 fully saturated rings. The van der Waals surface area contributed by atoms with Gasteiger partial charge in [-0.05, 0) is 0 Å². The monoisotopic (exact) mass is 383 g/mol. The fourth-order valence-electron chi connectivity index (χ4n) is 0.708. The van der Waals surface area contributed by atoms with Crippen molar-refractivity contribution in [2.24, 2.45) is 0 Å². The molecule has 74 valence electrons. The van der Waals surface area contributed by atoms with Gasteiger partial charge in [0.2, 0.25) is 0 Å². The molecule has 0 bridgehead atoms. The molecule has 0 radical (unpaired) electrons. The van der Waals surface area contributed by atoms with Crippen LogP contribution in [0.2, 0.25) is 5.02 Å². The molecular weight excluding hydrogens is 375 g/mol. The summed E-state index contributed by atoms with van der Waals surface area (Å²) < 4.78 is 0. The third-order valence-electron chi connectivity index (χ3n) is 1.28. The molecule has 14 heavy (non-hydrogen) atoms. The first-order valence-corrected chi connectivity index (χ1v) is 4.30. The molecule has 0 amide bonds. The average Bonchev–Trinajstić information content (AvgIpc) is 2.22. The summed E-state index contributed by atoms with van der Waals surface area (Å²) in [6.07, 6.45) is 0. The zero-order valence-corrected chi connectivity index (χ0v) is 10.4. The van der Waals surface area contributed by atoms with Crippen molar-refractivity contribution in [3.8, 4) is 0 Å². The Morgan fingerprint density at radius 3 is 1.50 bits per heavy atom. The van der Waals surface area contributed by atoms with Crippen LogP contribution in [0.3, 0.4) is 0 Å². The van der Waals surface area contributed by atoms with Gasteiger partial charge in [-0.1, -0.05) is 5.02 Å². The first-order valence-electron chi connectivity index (χ1n) is 3.92. The van der Waals surface area contributed by atoms with Crippen molar-refractivity contribution < 1.29 is 21.1 Å². The molecule has 2 aromatic carbocycles. The summed E-state index contributed by atoms with van der Waals surface area (Å²) >= 11 is 5.52. The van der Waals surface area contributed by atoms with E-state index >= 15 is 0 Å². The minimum Gasteiger partial charge on any atom is -0.184 e. The molecule has 0 nitrogen and oxygen atoms in total. The third kappa shape index (κ3) is 6.88. The van der Waals surface area contributed by atoms with E-state index in [-0.39, 0.29) is 21.1 Å². The van der Waals surface area contributed by atoms with E-state index in [1.807, 2.05) is 30.3 Å². The molecule has 2 rings (SSSR count). The van der Waals surface area contributed by atoms with Gasteiger partial charge >= 0.3 is 21.1 Å². The van der Waals surface area contributed by atoms with Gasteiger partial charge in [-0.25, -0.2) is 0 Å². The van der Waals surface area contributed by atoms with Crippen molar-refractivity contribution >= 4 is 11.6 Å². The van der Waals surface area contributed by atoms with Gasteiger partial charge in [0.25, 0.3) is 0 Å². The standard InChI is InChI=1S/C6H4Cl.C6H5.Pt/c7-6-4-2-1-3-5-6;1-2-4-6-5-3-1;/h2-5H;1-5H;/q2*-1;+2. The predicted molar refractivity (Wildman–Crippen MR) is 55.6 cm³/mol. The van der Waals surface area contributed by atoms with Gasteiger partial charge in [0, 0.05) is 0 Å². The van der Waals surface area contributed by atoms with Crippen LogP contribution in [0.25, 0.3) is 0 Å². The molecule has 0 aliphatic carbocycles. The van der Waals surface area contributed by atoms with Crippen LogP contribution < -0.4 is 0 Å². The summed E-state index contributed by atoms with van der Waals surface area (Å²) in [5, 5.41) is 0.763. The Morgan fingerprint density at radius 1 is 0.786 bits per heavy atom. The first-order chi connectivity index (χ1) is 6.39. The second kappa shape index (κ2) is 8.99. The summed E-state index contributed by atoms with van der Waals surface area (Å²) in [5.41, 5.74) is 0. The predicted octanol–water partition coefficient (Wildman–Crippen LogP) is 3.62. The van der Waals surface area contributed by atoms with Crippen LogP contribution in [0.5, 0.6) is 0 Å². The van der Waals surface area contributed by atoms with Crippen LogP contribution in [0.1, 0.15) is 0 Å². The molecule has 0 aliphatic heterocycles. The average molecular weight is 384 g/mol. The van der Waals surface area contributed by atoms with E-state index in [4.69, 9.17) is 11.6 Å². The SMILES string of the molecule is Clc1cc[c-]cc1.[Pt+2].[c-]1ccccc1. The fourth-order valence-corrected chi connectivity index (χ4v) is 0.834. The molecule has 2 aromatic rings. The Bertz CT molecular complexity index is 281. The van der Waals surface area contributed by atoms with E-state index < -0.39 is 0 Å². The van der Waals surface area contributed by atoms with Crippen LogP contribution in [-0.2, 0) is 21.1 Å². The Labute approximate surface area is 104 Å². The van der Waals surface area contributed by atoms with E-state index in [1.165, 1.54) is 0 Å². The smallest absolute Gasteiger partial charge is 0.184 e. The number of benzene rings is 2. The maximum atomic E-state index is 5.52. The molecule has 0 aromatic heterocycles. The second-order valence-corrected chi connectivity index (χ2v) is 2.73. The maximum absolute atomic E-state index is 5.52. The molecule has 0 heterocycles. The molecule has 0 atom stereocenters. The Hall–Kier alpha value is -0.582. The second-order valence-electron chi connectivity index (χ2n) is 2.30. The van der Waals surface area contributed by atoms with Crippen LogP contribution in [0.4, 0.5) is 0 Å². The number of hydrogen-bond acceptors (Lipinski definition) is 0. The van der Waals surface area contributed by atoms with E-state index in [9.17, 15) is 0 Å². The van der Waals surface area contributed by atoms with Crippen LogP contribution in [-0.4, -0.2) is 0 Å². The van der Waals surface area contributed by atoms with Gasteiger partial charge in [0.05, 0.1) is 0 Å². The third-order valence-corrected chi connectivity index (χ3v) is 1.54. The van der Waals surface area contributed by atoms with Gasteiger partial charge in [-0.2, -0.15) is 66.7 Å².